The summed E-state index contributed by atoms with van der Waals surface area (Å²) in [6.07, 6.45) is 0.981. The summed E-state index contributed by atoms with van der Waals surface area (Å²) in [6, 6.07) is 9.95. The lowest BCUT2D eigenvalue weighted by Crippen LogP contribution is -1.97. The van der Waals surface area contributed by atoms with E-state index in [1.165, 1.54) is 5.56 Å². The summed E-state index contributed by atoms with van der Waals surface area (Å²) in [5, 5.41) is 2.99. The molecule has 0 unspecified atom stereocenters. The second kappa shape index (κ2) is 4.38. The molecule has 2 heterocycles. The molecule has 2 aromatic heterocycles. The number of nitrogens with two attached hydrogens (primary N) is 1. The first-order valence-electron chi connectivity index (χ1n) is 5.88. The van der Waals surface area contributed by atoms with Crippen LogP contribution >= 0.6 is 11.3 Å². The molecule has 2 N–H and O–H groups in total. The molecule has 0 saturated carbocycles. The number of hydrogen-bond donors (Lipinski definition) is 1. The van der Waals surface area contributed by atoms with Crippen LogP contribution in [0.3, 0.4) is 0 Å². The topological polar surface area (TPSA) is 51.8 Å². The van der Waals surface area contributed by atoms with Crippen molar-refractivity contribution in [1.82, 2.24) is 9.97 Å². The smallest absolute Gasteiger partial charge is 0.172 e. The average Bonchev–Trinajstić information content (AvgIpc) is 2.87. The fourth-order valence-electron chi connectivity index (χ4n) is 2.01. The molecule has 0 bridgehead atoms. The van der Waals surface area contributed by atoms with Gasteiger partial charge in [0.1, 0.15) is 5.82 Å². The molecule has 1 aromatic carbocycles. The van der Waals surface area contributed by atoms with Crippen LogP contribution in [0.5, 0.6) is 0 Å². The Bertz CT molecular complexity index is 703. The van der Waals surface area contributed by atoms with Gasteiger partial charge in [0.2, 0.25) is 0 Å². The molecule has 0 saturated heterocycles. The number of aryl methyl sites for hydroxylation is 1. The maximum Gasteiger partial charge on any atom is 0.172 e. The van der Waals surface area contributed by atoms with E-state index in [-0.39, 0.29) is 0 Å². The Hall–Kier alpha value is -1.94. The molecule has 0 atom stereocenters. The van der Waals surface area contributed by atoms with Gasteiger partial charge in [-0.3, -0.25) is 0 Å². The third kappa shape index (κ3) is 1.75. The van der Waals surface area contributed by atoms with Crippen molar-refractivity contribution in [3.8, 4) is 10.7 Å². The van der Waals surface area contributed by atoms with E-state index in [0.29, 0.717) is 5.82 Å². The number of para-hydroxylation sites is 1. The minimum Gasteiger partial charge on any atom is -0.383 e. The molecular weight excluding hydrogens is 242 g/mol. The monoisotopic (exact) mass is 255 g/mol. The molecule has 0 radical (unpaired) electrons. The molecule has 0 spiro atoms. The minimum atomic E-state index is 0.547. The fourth-order valence-corrected chi connectivity index (χ4v) is 2.94. The number of benzene rings is 1. The Morgan fingerprint density at radius 1 is 1.17 bits per heavy atom. The Labute approximate surface area is 109 Å². The van der Waals surface area contributed by atoms with Crippen LogP contribution < -0.4 is 5.73 Å². The van der Waals surface area contributed by atoms with Gasteiger partial charge in [-0.25, -0.2) is 9.97 Å². The maximum absolute atomic E-state index is 6.01. The molecule has 0 fully saturated rings. The summed E-state index contributed by atoms with van der Waals surface area (Å²) in [5.41, 5.74) is 8.18. The van der Waals surface area contributed by atoms with Crippen LogP contribution in [-0.4, -0.2) is 9.97 Å². The van der Waals surface area contributed by atoms with Gasteiger partial charge in [-0.2, -0.15) is 0 Å². The van der Waals surface area contributed by atoms with Crippen LogP contribution in [0.4, 0.5) is 5.82 Å². The molecule has 0 aliphatic carbocycles. The number of nitrogens with zero attached hydrogens (tertiary/aromatic N) is 2. The molecule has 3 nitrogen and oxygen atoms in total. The SMILES string of the molecule is CCc1ccsc1-c1nc(N)c2ccccc2n1. The van der Waals surface area contributed by atoms with E-state index < -0.39 is 0 Å². The molecule has 0 aliphatic heterocycles. The van der Waals surface area contributed by atoms with Crippen molar-refractivity contribution >= 4 is 28.1 Å². The Morgan fingerprint density at radius 2 is 2.00 bits per heavy atom. The zero-order chi connectivity index (χ0) is 12.5. The predicted molar refractivity (Wildman–Crippen MR) is 76.6 cm³/mol. The van der Waals surface area contributed by atoms with E-state index in [9.17, 15) is 0 Å². The Kier molecular flexibility index (Phi) is 2.72. The van der Waals surface area contributed by atoms with E-state index in [1.54, 1.807) is 11.3 Å². The highest BCUT2D eigenvalue weighted by atomic mass is 32.1. The van der Waals surface area contributed by atoms with E-state index >= 15 is 0 Å². The van der Waals surface area contributed by atoms with E-state index in [4.69, 9.17) is 5.73 Å². The number of thiophene rings is 1. The van der Waals surface area contributed by atoms with Gasteiger partial charge in [0, 0.05) is 5.39 Å². The standard InChI is InChI=1S/C14H13N3S/c1-2-9-7-8-18-12(9)14-16-11-6-4-3-5-10(11)13(15)17-14/h3-8H,2H2,1H3,(H2,15,16,17). The molecule has 90 valence electrons. The highest BCUT2D eigenvalue weighted by Crippen LogP contribution is 2.29. The van der Waals surface area contributed by atoms with Gasteiger partial charge >= 0.3 is 0 Å². The van der Waals surface area contributed by atoms with E-state index in [0.717, 1.165) is 28.0 Å². The zero-order valence-corrected chi connectivity index (χ0v) is 10.9. The number of nitrogen functional groups attached to an aromatic ring is 1. The van der Waals surface area contributed by atoms with Gasteiger partial charge in [-0.15, -0.1) is 11.3 Å². The van der Waals surface area contributed by atoms with Crippen LogP contribution in [-0.2, 0) is 6.42 Å². The number of fused-ring (bicyclic) bond motifs is 1. The quantitative estimate of drug-likeness (QED) is 0.762. The molecule has 3 rings (SSSR count). The molecule has 3 aromatic rings. The van der Waals surface area contributed by atoms with Crippen molar-refractivity contribution in [1.29, 1.82) is 0 Å². The first-order chi connectivity index (χ1) is 8.79. The third-order valence-corrected chi connectivity index (χ3v) is 3.92. The van der Waals surface area contributed by atoms with Crippen molar-refractivity contribution < 1.29 is 0 Å². The molecule has 4 heteroatoms. The molecule has 18 heavy (non-hydrogen) atoms. The van der Waals surface area contributed by atoms with Crippen LogP contribution in [0.15, 0.2) is 35.7 Å². The highest BCUT2D eigenvalue weighted by molar-refractivity contribution is 7.13. The molecule has 0 amide bonds. The molecule has 0 aliphatic rings. The number of aromatic nitrogens is 2. The number of rotatable bonds is 2. The summed E-state index contributed by atoms with van der Waals surface area (Å²) >= 11 is 1.66. The highest BCUT2D eigenvalue weighted by Gasteiger charge is 2.11. The largest absolute Gasteiger partial charge is 0.383 e. The van der Waals surface area contributed by atoms with Crippen molar-refractivity contribution in [3.05, 3.63) is 41.3 Å². The lowest BCUT2D eigenvalue weighted by atomic mass is 10.2. The summed E-state index contributed by atoms with van der Waals surface area (Å²) in [6.45, 7) is 2.13. The first kappa shape index (κ1) is 11.2. The van der Waals surface area contributed by atoms with Crippen molar-refractivity contribution in [2.24, 2.45) is 0 Å². The first-order valence-corrected chi connectivity index (χ1v) is 6.76. The maximum atomic E-state index is 6.01. The predicted octanol–water partition coefficient (Wildman–Crippen LogP) is 3.50. The van der Waals surface area contributed by atoms with Crippen LogP contribution in [0.1, 0.15) is 12.5 Å². The summed E-state index contributed by atoms with van der Waals surface area (Å²) in [7, 11) is 0. The summed E-state index contributed by atoms with van der Waals surface area (Å²) in [5.74, 6) is 1.28. The number of hydrogen-bond acceptors (Lipinski definition) is 4. The van der Waals surface area contributed by atoms with Gasteiger partial charge in [0.15, 0.2) is 5.82 Å². The minimum absolute atomic E-state index is 0.547. The van der Waals surface area contributed by atoms with Gasteiger partial charge < -0.3 is 5.73 Å². The average molecular weight is 255 g/mol. The van der Waals surface area contributed by atoms with Crippen LogP contribution in [0, 0.1) is 0 Å². The second-order valence-electron chi connectivity index (χ2n) is 4.08. The molecular formula is C14H13N3S. The summed E-state index contributed by atoms with van der Waals surface area (Å²) in [4.78, 5) is 10.2. The normalized spacial score (nSPS) is 10.9. The van der Waals surface area contributed by atoms with Gasteiger partial charge in [-0.1, -0.05) is 19.1 Å². The number of anilines is 1. The third-order valence-electron chi connectivity index (χ3n) is 2.96. The lowest BCUT2D eigenvalue weighted by molar-refractivity contribution is 1.14. The van der Waals surface area contributed by atoms with Gasteiger partial charge in [0.25, 0.3) is 0 Å². The van der Waals surface area contributed by atoms with Crippen molar-refractivity contribution in [2.45, 2.75) is 13.3 Å². The van der Waals surface area contributed by atoms with E-state index in [1.807, 2.05) is 24.3 Å². The fraction of sp³-hybridized carbons (Fsp3) is 0.143. The van der Waals surface area contributed by atoms with Gasteiger partial charge in [-0.05, 0) is 35.6 Å². The Morgan fingerprint density at radius 3 is 2.83 bits per heavy atom. The van der Waals surface area contributed by atoms with Crippen molar-refractivity contribution in [3.63, 3.8) is 0 Å². The van der Waals surface area contributed by atoms with Crippen LogP contribution in [0.25, 0.3) is 21.6 Å². The van der Waals surface area contributed by atoms with E-state index in [2.05, 4.69) is 28.3 Å². The summed E-state index contributed by atoms with van der Waals surface area (Å²) < 4.78 is 0. The Balaban J connectivity index is 2.25. The lowest BCUT2D eigenvalue weighted by Gasteiger charge is -2.05. The zero-order valence-electron chi connectivity index (χ0n) is 10.1. The van der Waals surface area contributed by atoms with Crippen LogP contribution in [0.2, 0.25) is 0 Å². The van der Waals surface area contributed by atoms with Crippen molar-refractivity contribution in [2.75, 3.05) is 5.73 Å². The second-order valence-corrected chi connectivity index (χ2v) is 4.99. The van der Waals surface area contributed by atoms with Gasteiger partial charge in [0.05, 0.1) is 10.4 Å².